The van der Waals surface area contributed by atoms with Crippen LogP contribution in [0, 0.1) is 5.82 Å². The predicted octanol–water partition coefficient (Wildman–Crippen LogP) is 3.15. The highest BCUT2D eigenvalue weighted by atomic mass is 19.4. The lowest BCUT2D eigenvalue weighted by atomic mass is 9.96. The van der Waals surface area contributed by atoms with Gasteiger partial charge in [0.1, 0.15) is 11.5 Å². The maximum absolute atomic E-state index is 13.5. The van der Waals surface area contributed by atoms with E-state index in [0.29, 0.717) is 10.7 Å². The molecule has 23 heavy (non-hydrogen) atoms. The fourth-order valence-corrected chi connectivity index (χ4v) is 2.29. The number of aromatic carboxylic acids is 1. The summed E-state index contributed by atoms with van der Waals surface area (Å²) in [5, 5.41) is 12.4. The minimum atomic E-state index is -4.94. The van der Waals surface area contributed by atoms with Gasteiger partial charge in [0.05, 0.1) is 5.56 Å². The summed E-state index contributed by atoms with van der Waals surface area (Å²) in [6.45, 7) is 1.01. The third kappa shape index (κ3) is 2.94. The number of rotatable bonds is 3. The normalized spacial score (nSPS) is 11.6. The van der Waals surface area contributed by atoms with Crippen molar-refractivity contribution in [2.45, 2.75) is 13.1 Å². The molecular formula is C14H10F4N2O3. The molecule has 0 aliphatic heterocycles. The summed E-state index contributed by atoms with van der Waals surface area (Å²) in [4.78, 5) is 22.9. The lowest BCUT2D eigenvalue weighted by Crippen LogP contribution is -2.10. The van der Waals surface area contributed by atoms with Crippen LogP contribution in [0.4, 0.5) is 17.6 Å². The zero-order chi connectivity index (χ0) is 17.5. The van der Waals surface area contributed by atoms with Gasteiger partial charge in [0.25, 0.3) is 0 Å². The number of nitrogens with zero attached hydrogens (tertiary/aromatic N) is 2. The monoisotopic (exact) mass is 330 g/mol. The standard InChI is InChI=1S/C14H10F4N2O3/c1-6(21)11-10(12(14(16,17)18)19-20(11)2)9-5-7(15)3-4-8(9)13(22)23/h3-5H,1-2H3,(H,22,23). The molecule has 9 heteroatoms. The minimum Gasteiger partial charge on any atom is -0.478 e. The average molecular weight is 330 g/mol. The van der Waals surface area contributed by atoms with Crippen LogP contribution in [0.15, 0.2) is 18.2 Å². The Kier molecular flexibility index (Phi) is 3.97. The Labute approximate surface area is 127 Å². The summed E-state index contributed by atoms with van der Waals surface area (Å²) < 4.78 is 53.8. The van der Waals surface area contributed by atoms with E-state index in [-0.39, 0.29) is 0 Å². The van der Waals surface area contributed by atoms with Gasteiger partial charge >= 0.3 is 12.1 Å². The van der Waals surface area contributed by atoms with Gasteiger partial charge in [0.2, 0.25) is 0 Å². The van der Waals surface area contributed by atoms with Gasteiger partial charge in [-0.05, 0) is 18.2 Å². The van der Waals surface area contributed by atoms with E-state index in [4.69, 9.17) is 5.11 Å². The lowest BCUT2D eigenvalue weighted by molar-refractivity contribution is -0.141. The molecule has 0 bridgehead atoms. The van der Waals surface area contributed by atoms with Gasteiger partial charge < -0.3 is 5.11 Å². The highest BCUT2D eigenvalue weighted by molar-refractivity contribution is 6.04. The van der Waals surface area contributed by atoms with E-state index in [2.05, 4.69) is 5.10 Å². The van der Waals surface area contributed by atoms with E-state index in [1.807, 2.05) is 0 Å². The van der Waals surface area contributed by atoms with E-state index in [9.17, 15) is 27.2 Å². The smallest absolute Gasteiger partial charge is 0.435 e. The Morgan fingerprint density at radius 2 is 1.87 bits per heavy atom. The van der Waals surface area contributed by atoms with Crippen LogP contribution in [0.2, 0.25) is 0 Å². The van der Waals surface area contributed by atoms with Crippen molar-refractivity contribution in [3.8, 4) is 11.1 Å². The van der Waals surface area contributed by atoms with Crippen LogP contribution < -0.4 is 0 Å². The number of carboxylic acid groups (broad SMARTS) is 1. The van der Waals surface area contributed by atoms with Gasteiger partial charge in [-0.25, -0.2) is 9.18 Å². The first-order valence-electron chi connectivity index (χ1n) is 6.22. The quantitative estimate of drug-likeness (QED) is 0.693. The van der Waals surface area contributed by atoms with Crippen LogP contribution in [-0.2, 0) is 13.2 Å². The molecule has 0 saturated carbocycles. The molecule has 0 atom stereocenters. The minimum absolute atomic E-state index is 0.453. The Bertz CT molecular complexity index is 809. The number of hydrogen-bond donors (Lipinski definition) is 1. The number of aromatic nitrogens is 2. The molecule has 0 aliphatic carbocycles. The highest BCUT2D eigenvalue weighted by Gasteiger charge is 2.41. The second-order valence-electron chi connectivity index (χ2n) is 4.74. The third-order valence-corrected chi connectivity index (χ3v) is 3.13. The molecule has 0 fully saturated rings. The number of hydrogen-bond acceptors (Lipinski definition) is 3. The van der Waals surface area contributed by atoms with Crippen molar-refractivity contribution in [1.29, 1.82) is 0 Å². The number of halogens is 4. The summed E-state index contributed by atoms with van der Waals surface area (Å²) in [6, 6.07) is 2.29. The number of carboxylic acids is 1. The molecule has 2 rings (SSSR count). The second-order valence-corrected chi connectivity index (χ2v) is 4.74. The summed E-state index contributed by atoms with van der Waals surface area (Å²) >= 11 is 0. The number of aryl methyl sites for hydroxylation is 1. The van der Waals surface area contributed by atoms with Crippen molar-refractivity contribution >= 4 is 11.8 Å². The van der Waals surface area contributed by atoms with Crippen molar-refractivity contribution in [1.82, 2.24) is 9.78 Å². The molecule has 0 aliphatic rings. The number of ketones is 1. The molecule has 1 N–H and O–H groups in total. The van der Waals surface area contributed by atoms with Gasteiger partial charge in [-0.1, -0.05) is 0 Å². The number of Topliss-reactive ketones (excluding diaryl/α,β-unsaturated/α-hetero) is 1. The summed E-state index contributed by atoms with van der Waals surface area (Å²) in [7, 11) is 1.12. The van der Waals surface area contributed by atoms with Crippen molar-refractivity contribution in [2.75, 3.05) is 0 Å². The van der Waals surface area contributed by atoms with Crippen LogP contribution in [0.3, 0.4) is 0 Å². The maximum atomic E-state index is 13.5. The molecule has 1 aromatic heterocycles. The van der Waals surface area contributed by atoms with Crippen LogP contribution in [0.25, 0.3) is 11.1 Å². The molecule has 2 aromatic rings. The Morgan fingerprint density at radius 1 is 1.26 bits per heavy atom. The maximum Gasteiger partial charge on any atom is 0.435 e. The molecule has 0 radical (unpaired) electrons. The topological polar surface area (TPSA) is 72.2 Å². The third-order valence-electron chi connectivity index (χ3n) is 3.13. The van der Waals surface area contributed by atoms with Gasteiger partial charge in [-0.15, -0.1) is 0 Å². The lowest BCUT2D eigenvalue weighted by Gasteiger charge is -2.10. The first-order valence-corrected chi connectivity index (χ1v) is 6.22. The molecule has 5 nitrogen and oxygen atoms in total. The van der Waals surface area contributed by atoms with E-state index in [1.165, 1.54) is 0 Å². The first-order chi connectivity index (χ1) is 10.5. The van der Waals surface area contributed by atoms with E-state index < -0.39 is 51.8 Å². The Balaban J connectivity index is 2.95. The molecule has 0 saturated heterocycles. The van der Waals surface area contributed by atoms with E-state index in [1.54, 1.807) is 0 Å². The zero-order valence-corrected chi connectivity index (χ0v) is 11.9. The number of carbonyl (C=O) groups is 2. The Hall–Kier alpha value is -2.71. The zero-order valence-electron chi connectivity index (χ0n) is 11.9. The molecule has 0 spiro atoms. The van der Waals surface area contributed by atoms with Crippen LogP contribution in [-0.4, -0.2) is 26.6 Å². The highest BCUT2D eigenvalue weighted by Crippen LogP contribution is 2.40. The number of benzene rings is 1. The van der Waals surface area contributed by atoms with Gasteiger partial charge in [0, 0.05) is 25.1 Å². The van der Waals surface area contributed by atoms with Crippen molar-refractivity contribution < 1.29 is 32.3 Å². The molecule has 122 valence electrons. The van der Waals surface area contributed by atoms with E-state index >= 15 is 0 Å². The number of carbonyl (C=O) groups excluding carboxylic acids is 1. The van der Waals surface area contributed by atoms with Gasteiger partial charge in [-0.3, -0.25) is 9.48 Å². The van der Waals surface area contributed by atoms with Crippen molar-refractivity contribution in [3.05, 3.63) is 41.0 Å². The Morgan fingerprint density at radius 3 is 2.35 bits per heavy atom. The average Bonchev–Trinajstić information content (AvgIpc) is 2.75. The van der Waals surface area contributed by atoms with Gasteiger partial charge in [0.15, 0.2) is 11.5 Å². The summed E-state index contributed by atoms with van der Waals surface area (Å²) in [5.41, 5.74) is -3.76. The van der Waals surface area contributed by atoms with Crippen molar-refractivity contribution in [3.63, 3.8) is 0 Å². The number of alkyl halides is 3. The molecule has 0 unspecified atom stereocenters. The fraction of sp³-hybridized carbons (Fsp3) is 0.214. The van der Waals surface area contributed by atoms with E-state index in [0.717, 1.165) is 26.1 Å². The van der Waals surface area contributed by atoms with Gasteiger partial charge in [-0.2, -0.15) is 18.3 Å². The molecular weight excluding hydrogens is 320 g/mol. The summed E-state index contributed by atoms with van der Waals surface area (Å²) in [6.07, 6.45) is -4.94. The second kappa shape index (κ2) is 5.49. The fourth-order valence-electron chi connectivity index (χ4n) is 2.29. The van der Waals surface area contributed by atoms with Crippen LogP contribution in [0.1, 0.15) is 33.5 Å². The SMILES string of the molecule is CC(=O)c1c(-c2cc(F)ccc2C(=O)O)c(C(F)(F)F)nn1C. The van der Waals surface area contributed by atoms with Crippen LogP contribution >= 0.6 is 0 Å². The largest absolute Gasteiger partial charge is 0.478 e. The molecule has 1 heterocycles. The van der Waals surface area contributed by atoms with Crippen molar-refractivity contribution in [2.24, 2.45) is 7.05 Å². The van der Waals surface area contributed by atoms with Crippen LogP contribution in [0.5, 0.6) is 0 Å². The molecule has 1 aromatic carbocycles. The first kappa shape index (κ1) is 16.7. The molecule has 0 amide bonds. The summed E-state index contributed by atoms with van der Waals surface area (Å²) in [5.74, 6) is -3.24. The predicted molar refractivity (Wildman–Crippen MR) is 70.6 cm³/mol.